The highest BCUT2D eigenvalue weighted by Crippen LogP contribution is 2.28. The number of hydrogen-bond acceptors (Lipinski definition) is 3. The van der Waals surface area contributed by atoms with Crippen LogP contribution in [0.15, 0.2) is 12.2 Å². The molecule has 1 aliphatic rings. The summed E-state index contributed by atoms with van der Waals surface area (Å²) in [6.07, 6.45) is 22.1. The molecule has 1 rings (SSSR count). The zero-order chi connectivity index (χ0) is 21.3. The Bertz CT molecular complexity index is 471. The van der Waals surface area contributed by atoms with E-state index < -0.39 is 17.8 Å². The second-order valence-corrected chi connectivity index (χ2v) is 8.64. The third-order valence-corrected chi connectivity index (χ3v) is 6.17. The maximum absolute atomic E-state index is 12.5. The van der Waals surface area contributed by atoms with Crippen molar-refractivity contribution < 1.29 is 19.4 Å². The van der Waals surface area contributed by atoms with Crippen molar-refractivity contribution in [1.29, 1.82) is 0 Å². The van der Waals surface area contributed by atoms with Crippen LogP contribution >= 0.6 is 0 Å². The van der Waals surface area contributed by atoms with Crippen LogP contribution in [-0.2, 0) is 14.3 Å². The summed E-state index contributed by atoms with van der Waals surface area (Å²) in [5.74, 6) is -2.40. The zero-order valence-corrected chi connectivity index (χ0v) is 18.9. The summed E-state index contributed by atoms with van der Waals surface area (Å²) in [4.78, 5) is 23.9. The van der Waals surface area contributed by atoms with Crippen molar-refractivity contribution in [3.05, 3.63) is 12.2 Å². The Labute approximate surface area is 178 Å². The molecule has 0 saturated heterocycles. The standard InChI is InChI=1S/C25H44O4/c1-3-5-6-7-8-9-10-11-12-13-14-15-18-21(4-2)29-25(28)23-20-17-16-19-22(23)24(26)27/h16-17,21-23H,3-15,18-20H2,1-2H3,(H,26,27). The van der Waals surface area contributed by atoms with Crippen LogP contribution in [0.4, 0.5) is 0 Å². The number of esters is 1. The average molecular weight is 409 g/mol. The zero-order valence-electron chi connectivity index (χ0n) is 18.9. The molecule has 0 aromatic carbocycles. The van der Waals surface area contributed by atoms with Gasteiger partial charge in [0.25, 0.3) is 0 Å². The van der Waals surface area contributed by atoms with Gasteiger partial charge in [-0.15, -0.1) is 0 Å². The summed E-state index contributed by atoms with van der Waals surface area (Å²) in [6, 6.07) is 0. The largest absolute Gasteiger partial charge is 0.481 e. The lowest BCUT2D eigenvalue weighted by Crippen LogP contribution is -2.34. The van der Waals surface area contributed by atoms with E-state index in [4.69, 9.17) is 4.74 Å². The maximum Gasteiger partial charge on any atom is 0.310 e. The van der Waals surface area contributed by atoms with E-state index in [2.05, 4.69) is 6.92 Å². The smallest absolute Gasteiger partial charge is 0.310 e. The van der Waals surface area contributed by atoms with Crippen LogP contribution in [-0.4, -0.2) is 23.1 Å². The molecule has 0 fully saturated rings. The monoisotopic (exact) mass is 408 g/mol. The maximum atomic E-state index is 12.5. The van der Waals surface area contributed by atoms with Crippen LogP contribution in [0.1, 0.15) is 117 Å². The normalized spacial score (nSPS) is 19.8. The predicted molar refractivity (Wildman–Crippen MR) is 119 cm³/mol. The van der Waals surface area contributed by atoms with Gasteiger partial charge in [-0.05, 0) is 32.1 Å². The third-order valence-electron chi connectivity index (χ3n) is 6.17. The molecule has 3 atom stereocenters. The van der Waals surface area contributed by atoms with Gasteiger partial charge in [-0.25, -0.2) is 0 Å². The summed E-state index contributed by atoms with van der Waals surface area (Å²) < 4.78 is 5.68. The number of allylic oxidation sites excluding steroid dienone is 2. The molecule has 0 amide bonds. The van der Waals surface area contributed by atoms with Crippen molar-refractivity contribution in [2.45, 2.75) is 123 Å². The lowest BCUT2D eigenvalue weighted by molar-refractivity contribution is -0.162. The lowest BCUT2D eigenvalue weighted by atomic mass is 9.83. The number of carbonyl (C=O) groups excluding carboxylic acids is 1. The fraction of sp³-hybridized carbons (Fsp3) is 0.840. The first-order valence-corrected chi connectivity index (χ1v) is 12.2. The van der Waals surface area contributed by atoms with E-state index in [0.717, 1.165) is 19.3 Å². The van der Waals surface area contributed by atoms with Crippen molar-refractivity contribution in [1.82, 2.24) is 0 Å². The Balaban J connectivity index is 2.10. The molecule has 0 spiro atoms. The number of carboxylic acids is 1. The first-order chi connectivity index (χ1) is 14.1. The van der Waals surface area contributed by atoms with Gasteiger partial charge in [0.05, 0.1) is 11.8 Å². The molecule has 168 valence electrons. The minimum atomic E-state index is -0.898. The molecule has 0 saturated carbocycles. The van der Waals surface area contributed by atoms with E-state index in [1.807, 2.05) is 19.1 Å². The Morgan fingerprint density at radius 1 is 0.828 bits per heavy atom. The first-order valence-electron chi connectivity index (χ1n) is 12.2. The van der Waals surface area contributed by atoms with Gasteiger partial charge in [0.1, 0.15) is 6.10 Å². The van der Waals surface area contributed by atoms with Crippen LogP contribution in [0.2, 0.25) is 0 Å². The minimum Gasteiger partial charge on any atom is -0.481 e. The van der Waals surface area contributed by atoms with Gasteiger partial charge in [-0.1, -0.05) is 96.6 Å². The van der Waals surface area contributed by atoms with Gasteiger partial charge in [-0.2, -0.15) is 0 Å². The highest BCUT2D eigenvalue weighted by atomic mass is 16.5. The lowest BCUT2D eigenvalue weighted by Gasteiger charge is -2.26. The highest BCUT2D eigenvalue weighted by Gasteiger charge is 2.35. The Hall–Kier alpha value is -1.32. The summed E-state index contributed by atoms with van der Waals surface area (Å²) >= 11 is 0. The second-order valence-electron chi connectivity index (χ2n) is 8.64. The molecule has 0 aromatic rings. The molecule has 0 aromatic heterocycles. The summed E-state index contributed by atoms with van der Waals surface area (Å²) in [6.45, 7) is 4.30. The molecule has 1 aliphatic carbocycles. The van der Waals surface area contributed by atoms with E-state index >= 15 is 0 Å². The number of ether oxygens (including phenoxy) is 1. The van der Waals surface area contributed by atoms with Gasteiger partial charge in [0.2, 0.25) is 0 Å². The molecule has 1 N–H and O–H groups in total. The number of hydrogen-bond donors (Lipinski definition) is 1. The van der Waals surface area contributed by atoms with Gasteiger partial charge >= 0.3 is 11.9 Å². The molecular weight excluding hydrogens is 364 g/mol. The summed E-state index contributed by atoms with van der Waals surface area (Å²) in [5.41, 5.74) is 0. The Morgan fingerprint density at radius 2 is 1.31 bits per heavy atom. The van der Waals surface area contributed by atoms with Crippen LogP contribution in [0.25, 0.3) is 0 Å². The number of aliphatic carboxylic acids is 1. The van der Waals surface area contributed by atoms with Gasteiger partial charge in [0.15, 0.2) is 0 Å². The molecule has 4 heteroatoms. The molecule has 0 bridgehead atoms. The summed E-state index contributed by atoms with van der Waals surface area (Å²) in [5, 5.41) is 9.33. The van der Waals surface area contributed by atoms with Crippen molar-refractivity contribution in [2.24, 2.45) is 11.8 Å². The van der Waals surface area contributed by atoms with Gasteiger partial charge < -0.3 is 9.84 Å². The molecule has 29 heavy (non-hydrogen) atoms. The second kappa shape index (κ2) is 16.5. The topological polar surface area (TPSA) is 63.6 Å². The number of unbranched alkanes of at least 4 members (excludes halogenated alkanes) is 11. The minimum absolute atomic E-state index is 0.0778. The van der Waals surface area contributed by atoms with Crippen LogP contribution in [0, 0.1) is 11.8 Å². The van der Waals surface area contributed by atoms with Gasteiger partial charge in [0, 0.05) is 0 Å². The number of carbonyl (C=O) groups is 2. The molecule has 3 unspecified atom stereocenters. The van der Waals surface area contributed by atoms with Crippen LogP contribution in [0.5, 0.6) is 0 Å². The molecule has 4 nitrogen and oxygen atoms in total. The SMILES string of the molecule is CCCCCCCCCCCCCCC(CC)OC(=O)C1CC=CCC1C(=O)O. The van der Waals surface area contributed by atoms with Crippen molar-refractivity contribution >= 4 is 11.9 Å². The average Bonchev–Trinajstić information content (AvgIpc) is 2.73. The molecule has 0 heterocycles. The molecule has 0 radical (unpaired) electrons. The van der Waals surface area contributed by atoms with Gasteiger partial charge in [-0.3, -0.25) is 9.59 Å². The molecular formula is C25H44O4. The van der Waals surface area contributed by atoms with E-state index in [0.29, 0.717) is 12.8 Å². The fourth-order valence-corrected chi connectivity index (χ4v) is 4.16. The number of carboxylic acid groups (broad SMARTS) is 1. The van der Waals surface area contributed by atoms with E-state index in [1.54, 1.807) is 0 Å². The predicted octanol–water partition coefficient (Wildman–Crippen LogP) is 7.07. The van der Waals surface area contributed by atoms with Crippen molar-refractivity contribution in [3.8, 4) is 0 Å². The van der Waals surface area contributed by atoms with E-state index in [1.165, 1.54) is 70.6 Å². The third kappa shape index (κ3) is 11.4. The molecule has 0 aliphatic heterocycles. The fourth-order valence-electron chi connectivity index (χ4n) is 4.16. The highest BCUT2D eigenvalue weighted by molar-refractivity contribution is 5.81. The van der Waals surface area contributed by atoms with E-state index in [9.17, 15) is 14.7 Å². The Morgan fingerprint density at radius 3 is 1.79 bits per heavy atom. The summed E-state index contributed by atoms with van der Waals surface area (Å²) in [7, 11) is 0. The van der Waals surface area contributed by atoms with Crippen LogP contribution < -0.4 is 0 Å². The number of rotatable bonds is 17. The first kappa shape index (κ1) is 25.7. The van der Waals surface area contributed by atoms with E-state index in [-0.39, 0.29) is 12.1 Å². The van der Waals surface area contributed by atoms with Crippen molar-refractivity contribution in [3.63, 3.8) is 0 Å². The quantitative estimate of drug-likeness (QED) is 0.159. The Kier molecular flexibility index (Phi) is 14.6. The van der Waals surface area contributed by atoms with Crippen molar-refractivity contribution in [2.75, 3.05) is 0 Å². The van der Waals surface area contributed by atoms with Crippen LogP contribution in [0.3, 0.4) is 0 Å².